The minimum atomic E-state index is 0.0957. The molecule has 2 saturated carbocycles. The third-order valence-electron chi connectivity index (χ3n) is 6.12. The van der Waals surface area contributed by atoms with Gasteiger partial charge in [0.2, 0.25) is 0 Å². The lowest BCUT2D eigenvalue weighted by atomic mass is 9.48. The zero-order valence-electron chi connectivity index (χ0n) is 12.1. The van der Waals surface area contributed by atoms with Crippen LogP contribution in [0.2, 0.25) is 5.31 Å². The van der Waals surface area contributed by atoms with Gasteiger partial charge in [-0.05, 0) is 17.3 Å². The van der Waals surface area contributed by atoms with Gasteiger partial charge in [0, 0.05) is 0 Å². The van der Waals surface area contributed by atoms with E-state index in [2.05, 4.69) is 20.8 Å². The van der Waals surface area contributed by atoms with Crippen molar-refractivity contribution in [1.82, 2.24) is 0 Å². The zero-order chi connectivity index (χ0) is 12.5. The van der Waals surface area contributed by atoms with Crippen molar-refractivity contribution in [2.45, 2.75) is 83.9 Å². The first-order valence-electron chi connectivity index (χ1n) is 7.77. The summed E-state index contributed by atoms with van der Waals surface area (Å²) in [5.41, 5.74) is 0.305. The molecular formula is C16H29B. The minimum absolute atomic E-state index is 0.0957. The van der Waals surface area contributed by atoms with Crippen LogP contribution in [-0.4, -0.2) is 7.85 Å². The Morgan fingerprint density at radius 2 is 1.65 bits per heavy atom. The molecule has 3 atom stereocenters. The molecule has 2 radical (unpaired) electrons. The van der Waals surface area contributed by atoms with Crippen LogP contribution in [0.15, 0.2) is 0 Å². The summed E-state index contributed by atoms with van der Waals surface area (Å²) in [6.45, 7) is 7.07. The highest BCUT2D eigenvalue weighted by Crippen LogP contribution is 2.58. The van der Waals surface area contributed by atoms with Gasteiger partial charge in [0.1, 0.15) is 0 Å². The average molecular weight is 232 g/mol. The normalized spacial score (nSPS) is 39.5. The molecule has 2 rings (SSSR count). The Labute approximate surface area is 109 Å². The molecule has 2 aliphatic rings. The van der Waals surface area contributed by atoms with Gasteiger partial charge in [-0.25, -0.2) is 0 Å². The Hall–Kier alpha value is 0.0649. The molecule has 0 aromatic rings. The molecule has 0 bridgehead atoms. The molecule has 0 nitrogen and oxygen atoms in total. The quantitative estimate of drug-likeness (QED) is 0.579. The van der Waals surface area contributed by atoms with Crippen molar-refractivity contribution in [3.63, 3.8) is 0 Å². The van der Waals surface area contributed by atoms with Crippen LogP contribution in [0.3, 0.4) is 0 Å². The van der Waals surface area contributed by atoms with Crippen LogP contribution in [0.1, 0.15) is 78.6 Å². The van der Waals surface area contributed by atoms with E-state index < -0.39 is 0 Å². The topological polar surface area (TPSA) is 0 Å². The van der Waals surface area contributed by atoms with Gasteiger partial charge >= 0.3 is 0 Å². The molecule has 0 heterocycles. The summed E-state index contributed by atoms with van der Waals surface area (Å²) in [5, 5.41) is 0.0957. The lowest BCUT2D eigenvalue weighted by Gasteiger charge is -2.47. The summed E-state index contributed by atoms with van der Waals surface area (Å²) in [6, 6.07) is 0. The Bertz CT molecular complexity index is 258. The van der Waals surface area contributed by atoms with E-state index in [4.69, 9.17) is 7.85 Å². The smallest absolute Gasteiger partial charge is 0.0649 e. The van der Waals surface area contributed by atoms with Gasteiger partial charge < -0.3 is 0 Å². The van der Waals surface area contributed by atoms with Crippen LogP contribution in [0.4, 0.5) is 0 Å². The van der Waals surface area contributed by atoms with Gasteiger partial charge in [-0.3, -0.25) is 0 Å². The molecule has 0 amide bonds. The van der Waals surface area contributed by atoms with E-state index in [1.165, 1.54) is 57.8 Å². The molecule has 0 spiro atoms. The van der Waals surface area contributed by atoms with Crippen LogP contribution in [0.5, 0.6) is 0 Å². The molecule has 0 saturated heterocycles. The Morgan fingerprint density at radius 1 is 1.06 bits per heavy atom. The summed E-state index contributed by atoms with van der Waals surface area (Å²) in [4.78, 5) is 0. The molecule has 96 valence electrons. The molecule has 2 fully saturated rings. The van der Waals surface area contributed by atoms with Crippen LogP contribution in [-0.2, 0) is 0 Å². The van der Waals surface area contributed by atoms with E-state index in [0.717, 1.165) is 11.8 Å². The monoisotopic (exact) mass is 232 g/mol. The van der Waals surface area contributed by atoms with Gasteiger partial charge in [-0.2, -0.15) is 0 Å². The molecule has 0 aliphatic heterocycles. The number of rotatable bonds is 2. The highest BCUT2D eigenvalue weighted by atomic mass is 14.5. The molecule has 0 aromatic heterocycles. The third-order valence-corrected chi connectivity index (χ3v) is 6.12. The van der Waals surface area contributed by atoms with Crippen molar-refractivity contribution in [2.24, 2.45) is 17.3 Å². The van der Waals surface area contributed by atoms with Gasteiger partial charge in [-0.1, -0.05) is 83.9 Å². The zero-order valence-corrected chi connectivity index (χ0v) is 12.1. The van der Waals surface area contributed by atoms with E-state index in [9.17, 15) is 0 Å². The maximum absolute atomic E-state index is 6.85. The Kier molecular flexibility index (Phi) is 3.95. The summed E-state index contributed by atoms with van der Waals surface area (Å²) in [6.07, 6.45) is 12.4. The third kappa shape index (κ3) is 2.58. The Morgan fingerprint density at radius 3 is 2.29 bits per heavy atom. The molecule has 2 aliphatic carbocycles. The van der Waals surface area contributed by atoms with Gasteiger partial charge in [0.15, 0.2) is 0 Å². The van der Waals surface area contributed by atoms with Crippen molar-refractivity contribution in [3.05, 3.63) is 0 Å². The lowest BCUT2D eigenvalue weighted by Crippen LogP contribution is -2.34. The van der Waals surface area contributed by atoms with Crippen LogP contribution < -0.4 is 0 Å². The van der Waals surface area contributed by atoms with Gasteiger partial charge in [0.25, 0.3) is 0 Å². The molecule has 0 aromatic carbocycles. The van der Waals surface area contributed by atoms with Crippen molar-refractivity contribution in [3.8, 4) is 0 Å². The maximum Gasteiger partial charge on any atom is 0.0753 e. The molecule has 3 unspecified atom stereocenters. The predicted molar refractivity (Wildman–Crippen MR) is 76.4 cm³/mol. The van der Waals surface area contributed by atoms with Crippen molar-refractivity contribution in [2.75, 3.05) is 0 Å². The summed E-state index contributed by atoms with van der Waals surface area (Å²) >= 11 is 0. The molecular weight excluding hydrogens is 203 g/mol. The van der Waals surface area contributed by atoms with Crippen LogP contribution >= 0.6 is 0 Å². The van der Waals surface area contributed by atoms with E-state index in [1.54, 1.807) is 0 Å². The second-order valence-corrected chi connectivity index (χ2v) is 7.29. The summed E-state index contributed by atoms with van der Waals surface area (Å²) < 4.78 is 0. The first kappa shape index (κ1) is 13.5. The van der Waals surface area contributed by atoms with Crippen molar-refractivity contribution >= 4 is 7.85 Å². The number of hydrogen-bond donors (Lipinski definition) is 0. The van der Waals surface area contributed by atoms with Crippen LogP contribution in [0, 0.1) is 17.3 Å². The van der Waals surface area contributed by atoms with Gasteiger partial charge in [-0.15, -0.1) is 0 Å². The Balaban J connectivity index is 2.14. The minimum Gasteiger partial charge on any atom is -0.0649 e. The highest BCUT2D eigenvalue weighted by molar-refractivity contribution is 6.15. The van der Waals surface area contributed by atoms with Crippen LogP contribution in [0.25, 0.3) is 0 Å². The fraction of sp³-hybridized carbons (Fsp3) is 1.00. The second kappa shape index (κ2) is 4.98. The molecule has 1 heteroatoms. The first-order chi connectivity index (χ1) is 7.98. The highest BCUT2D eigenvalue weighted by Gasteiger charge is 2.43. The fourth-order valence-corrected chi connectivity index (χ4v) is 4.15. The maximum atomic E-state index is 6.85. The first-order valence-corrected chi connectivity index (χ1v) is 7.77. The van der Waals surface area contributed by atoms with Crippen molar-refractivity contribution in [1.29, 1.82) is 0 Å². The molecule has 17 heavy (non-hydrogen) atoms. The summed E-state index contributed by atoms with van der Waals surface area (Å²) in [7, 11) is 6.85. The van der Waals surface area contributed by atoms with E-state index in [-0.39, 0.29) is 5.31 Å². The second-order valence-electron chi connectivity index (χ2n) is 7.29. The van der Waals surface area contributed by atoms with E-state index >= 15 is 0 Å². The molecule has 0 N–H and O–H groups in total. The average Bonchev–Trinajstić information content (AvgIpc) is 2.48. The van der Waals surface area contributed by atoms with Crippen molar-refractivity contribution < 1.29 is 0 Å². The predicted octanol–water partition coefficient (Wildman–Crippen LogP) is 5.13. The largest absolute Gasteiger partial charge is 0.0753 e. The summed E-state index contributed by atoms with van der Waals surface area (Å²) in [5.74, 6) is 1.93. The SMILES string of the molecule is [B]C1(C(C)(C)CC)CCCC2CCCCC2C1. The number of hydrogen-bond acceptors (Lipinski definition) is 0. The number of fused-ring (bicyclic) bond motifs is 1. The van der Waals surface area contributed by atoms with Gasteiger partial charge in [0.05, 0.1) is 7.85 Å². The lowest BCUT2D eigenvalue weighted by molar-refractivity contribution is 0.151. The van der Waals surface area contributed by atoms with E-state index in [0.29, 0.717) is 5.41 Å². The van der Waals surface area contributed by atoms with E-state index in [1.807, 2.05) is 0 Å². The fourth-order valence-electron chi connectivity index (χ4n) is 4.15. The standard InChI is InChI=1S/C16H29B/c1-4-15(2,3)16(17)11-7-10-13-8-5-6-9-14(13)12-16/h13-14H,4-12H2,1-3H3.